The van der Waals surface area contributed by atoms with Crippen LogP contribution in [0, 0.1) is 0 Å². The molecule has 11 heteroatoms. The number of hydrogen-bond acceptors (Lipinski definition) is 9. The Morgan fingerprint density at radius 3 is 2.29 bits per heavy atom. The van der Waals surface area contributed by atoms with E-state index in [2.05, 4.69) is 4.90 Å². The number of carbonyl (C=O) groups is 2. The zero-order chi connectivity index (χ0) is 27.4. The Balaban J connectivity index is 1.81. The zero-order valence-corrected chi connectivity index (χ0v) is 22.3. The maximum atomic E-state index is 13.4. The predicted molar refractivity (Wildman–Crippen MR) is 140 cm³/mol. The van der Waals surface area contributed by atoms with Crippen molar-refractivity contribution in [1.82, 2.24) is 9.80 Å². The van der Waals surface area contributed by atoms with E-state index in [0.717, 1.165) is 13.1 Å². The highest BCUT2D eigenvalue weighted by Gasteiger charge is 2.46. The molecule has 0 radical (unpaired) electrons. The molecule has 1 atom stereocenters. The fourth-order valence-corrected chi connectivity index (χ4v) is 5.02. The van der Waals surface area contributed by atoms with Crippen LogP contribution in [0.5, 0.6) is 23.0 Å². The van der Waals surface area contributed by atoms with Gasteiger partial charge in [0.05, 0.1) is 51.7 Å². The second kappa shape index (κ2) is 11.9. The lowest BCUT2D eigenvalue weighted by Gasteiger charge is -2.29. The number of benzene rings is 2. The molecule has 2 N–H and O–H groups in total. The van der Waals surface area contributed by atoms with Crippen molar-refractivity contribution in [2.45, 2.75) is 12.5 Å². The molecule has 4 rings (SSSR count). The zero-order valence-electron chi connectivity index (χ0n) is 21.5. The van der Waals surface area contributed by atoms with Gasteiger partial charge in [0.15, 0.2) is 11.5 Å². The van der Waals surface area contributed by atoms with Crippen LogP contribution in [0.1, 0.15) is 23.6 Å². The van der Waals surface area contributed by atoms with Crippen molar-refractivity contribution < 1.29 is 38.7 Å². The van der Waals surface area contributed by atoms with Gasteiger partial charge in [-0.25, -0.2) is 0 Å². The van der Waals surface area contributed by atoms with Crippen molar-refractivity contribution in [2.24, 2.45) is 0 Å². The second-order valence-electron chi connectivity index (χ2n) is 8.92. The summed E-state index contributed by atoms with van der Waals surface area (Å²) >= 11 is 6.10. The van der Waals surface area contributed by atoms with Crippen LogP contribution in [0.15, 0.2) is 35.9 Å². The molecule has 0 aliphatic carbocycles. The molecule has 0 spiro atoms. The molecule has 1 unspecified atom stereocenters. The lowest BCUT2D eigenvalue weighted by molar-refractivity contribution is -0.140. The number of nitrogens with zero attached hydrogens (tertiary/aromatic N) is 2. The van der Waals surface area contributed by atoms with Crippen molar-refractivity contribution in [1.29, 1.82) is 0 Å². The predicted octanol–water partition coefficient (Wildman–Crippen LogP) is 3.22. The van der Waals surface area contributed by atoms with E-state index in [9.17, 15) is 19.8 Å². The fraction of sp³-hybridized carbons (Fsp3) is 0.407. The van der Waals surface area contributed by atoms with E-state index in [1.165, 1.54) is 44.4 Å². The molecule has 0 aromatic heterocycles. The van der Waals surface area contributed by atoms with Gasteiger partial charge in [-0.05, 0) is 42.3 Å². The lowest BCUT2D eigenvalue weighted by Crippen LogP contribution is -2.39. The normalized spacial score (nSPS) is 19.6. The van der Waals surface area contributed by atoms with Crippen LogP contribution < -0.4 is 14.2 Å². The number of methoxy groups -OCH3 is 3. The number of aliphatic hydroxyl groups excluding tert-OH is 1. The third-order valence-electron chi connectivity index (χ3n) is 6.73. The maximum Gasteiger partial charge on any atom is 0.295 e. The standard InChI is InChI=1S/C27H31ClN2O8/c1-35-20-13-16(14-21(36-2)26(20)37-3)23-22(24(32)18-15-17(28)5-6-19(18)31)25(33)27(34)30(23)8-4-7-29-9-11-38-12-10-29/h5-6,13-15,23,31-32H,4,7-12H2,1-3H3. The molecule has 1 amide bonds. The number of Topliss-reactive ketones (excluding diaryl/α,β-unsaturated/α-hetero) is 1. The van der Waals surface area contributed by atoms with E-state index in [0.29, 0.717) is 49.0 Å². The minimum Gasteiger partial charge on any atom is -0.507 e. The number of aliphatic hydroxyl groups is 1. The molecule has 2 saturated heterocycles. The summed E-state index contributed by atoms with van der Waals surface area (Å²) in [6, 6.07) is 6.39. The summed E-state index contributed by atoms with van der Waals surface area (Å²) in [5.41, 5.74) is 0.239. The third kappa shape index (κ3) is 5.38. The van der Waals surface area contributed by atoms with Crippen molar-refractivity contribution in [2.75, 3.05) is 60.7 Å². The Bertz CT molecular complexity index is 1220. The molecule has 10 nitrogen and oxygen atoms in total. The largest absolute Gasteiger partial charge is 0.507 e. The molecule has 2 aliphatic rings. The summed E-state index contributed by atoms with van der Waals surface area (Å²) < 4.78 is 21.8. The summed E-state index contributed by atoms with van der Waals surface area (Å²) in [6.07, 6.45) is 0.594. The van der Waals surface area contributed by atoms with Crippen LogP contribution in [0.2, 0.25) is 5.02 Å². The van der Waals surface area contributed by atoms with Crippen LogP contribution in [-0.4, -0.2) is 92.4 Å². The Labute approximate surface area is 225 Å². The van der Waals surface area contributed by atoms with Crippen LogP contribution in [0.3, 0.4) is 0 Å². The minimum atomic E-state index is -0.980. The molecule has 2 aliphatic heterocycles. The Morgan fingerprint density at radius 1 is 1.03 bits per heavy atom. The van der Waals surface area contributed by atoms with Crippen molar-refractivity contribution in [3.05, 3.63) is 52.1 Å². The average Bonchev–Trinajstić information content (AvgIpc) is 3.18. The number of aromatic hydroxyl groups is 1. The molecule has 2 heterocycles. The number of halogens is 1. The highest BCUT2D eigenvalue weighted by atomic mass is 35.5. The van der Waals surface area contributed by atoms with Gasteiger partial charge in [-0.15, -0.1) is 0 Å². The van der Waals surface area contributed by atoms with Crippen molar-refractivity contribution in [3.63, 3.8) is 0 Å². The van der Waals surface area contributed by atoms with Crippen LogP contribution >= 0.6 is 11.6 Å². The Morgan fingerprint density at radius 2 is 1.68 bits per heavy atom. The summed E-state index contributed by atoms with van der Waals surface area (Å²) in [5.74, 6) is -1.44. The third-order valence-corrected chi connectivity index (χ3v) is 6.97. The number of likely N-dealkylation sites (tertiary alicyclic amines) is 1. The SMILES string of the molecule is COc1cc(C2C(=C(O)c3cc(Cl)ccc3O)C(=O)C(=O)N2CCCN2CCOCC2)cc(OC)c1OC. The molecule has 204 valence electrons. The maximum absolute atomic E-state index is 13.4. The molecule has 2 aromatic carbocycles. The van der Waals surface area contributed by atoms with E-state index in [1.807, 2.05) is 0 Å². The van der Waals surface area contributed by atoms with Crippen LogP contribution in [0.25, 0.3) is 5.76 Å². The first-order valence-corrected chi connectivity index (χ1v) is 12.6. The van der Waals surface area contributed by atoms with Gasteiger partial charge in [0.2, 0.25) is 5.75 Å². The van der Waals surface area contributed by atoms with Crippen LogP contribution in [-0.2, 0) is 14.3 Å². The molecular formula is C27H31ClN2O8. The number of phenolic OH excluding ortho intramolecular Hbond substituents is 1. The highest BCUT2D eigenvalue weighted by Crippen LogP contribution is 2.46. The number of amides is 1. The number of hydrogen-bond donors (Lipinski definition) is 2. The molecule has 2 fully saturated rings. The van der Waals surface area contributed by atoms with E-state index >= 15 is 0 Å². The first kappa shape index (κ1) is 27.6. The quantitative estimate of drug-likeness (QED) is 0.278. The van der Waals surface area contributed by atoms with E-state index < -0.39 is 23.5 Å². The van der Waals surface area contributed by atoms with E-state index in [1.54, 1.807) is 12.1 Å². The van der Waals surface area contributed by atoms with Gasteiger partial charge < -0.3 is 34.1 Å². The number of phenols is 1. The molecule has 2 aromatic rings. The molecular weight excluding hydrogens is 516 g/mol. The number of morpholine rings is 1. The summed E-state index contributed by atoms with van der Waals surface area (Å²) in [5, 5.41) is 22.0. The van der Waals surface area contributed by atoms with Crippen molar-refractivity contribution in [3.8, 4) is 23.0 Å². The first-order chi connectivity index (χ1) is 18.3. The number of ether oxygens (including phenoxy) is 4. The molecule has 38 heavy (non-hydrogen) atoms. The Kier molecular flexibility index (Phi) is 8.65. The highest BCUT2D eigenvalue weighted by molar-refractivity contribution is 6.46. The van der Waals surface area contributed by atoms with Gasteiger partial charge in [-0.2, -0.15) is 0 Å². The van der Waals surface area contributed by atoms with Gasteiger partial charge in [0.25, 0.3) is 11.7 Å². The fourth-order valence-electron chi connectivity index (χ4n) is 4.85. The van der Waals surface area contributed by atoms with Crippen molar-refractivity contribution >= 4 is 29.1 Å². The van der Waals surface area contributed by atoms with Crippen LogP contribution in [0.4, 0.5) is 0 Å². The molecule has 0 bridgehead atoms. The summed E-state index contributed by atoms with van der Waals surface area (Å²) in [7, 11) is 4.40. The van der Waals surface area contributed by atoms with Gasteiger partial charge >= 0.3 is 0 Å². The summed E-state index contributed by atoms with van der Waals surface area (Å²) in [4.78, 5) is 30.4. The first-order valence-electron chi connectivity index (χ1n) is 12.2. The van der Waals surface area contributed by atoms with Gasteiger partial charge in [0.1, 0.15) is 11.5 Å². The van der Waals surface area contributed by atoms with E-state index in [-0.39, 0.29) is 28.5 Å². The lowest BCUT2D eigenvalue weighted by atomic mass is 9.94. The average molecular weight is 547 g/mol. The van der Waals surface area contributed by atoms with Gasteiger partial charge in [-0.3, -0.25) is 14.5 Å². The monoisotopic (exact) mass is 546 g/mol. The number of carbonyl (C=O) groups excluding carboxylic acids is 2. The van der Waals surface area contributed by atoms with E-state index in [4.69, 9.17) is 30.5 Å². The van der Waals surface area contributed by atoms with Gasteiger partial charge in [-0.1, -0.05) is 11.6 Å². The molecule has 0 saturated carbocycles. The minimum absolute atomic E-state index is 0.0544. The smallest absolute Gasteiger partial charge is 0.295 e. The number of ketones is 1. The topological polar surface area (TPSA) is 118 Å². The number of rotatable bonds is 9. The van der Waals surface area contributed by atoms with Gasteiger partial charge in [0, 0.05) is 31.2 Å². The summed E-state index contributed by atoms with van der Waals surface area (Å²) in [6.45, 7) is 3.86. The Hall–Kier alpha value is -3.47. The second-order valence-corrected chi connectivity index (χ2v) is 9.36.